The molecule has 0 fully saturated rings. The van der Waals surface area contributed by atoms with E-state index in [0.29, 0.717) is 17.2 Å². The van der Waals surface area contributed by atoms with Crippen LogP contribution in [0, 0.1) is 0 Å². The number of amides is 1. The van der Waals surface area contributed by atoms with Crippen molar-refractivity contribution in [2.45, 2.75) is 4.90 Å². The zero-order valence-corrected chi connectivity index (χ0v) is 17.8. The van der Waals surface area contributed by atoms with Crippen LogP contribution < -0.4 is 19.5 Å². The van der Waals surface area contributed by atoms with E-state index < -0.39 is 15.9 Å². The Morgan fingerprint density at radius 2 is 1.53 bits per heavy atom. The van der Waals surface area contributed by atoms with E-state index in [9.17, 15) is 13.2 Å². The molecule has 0 radical (unpaired) electrons. The molecule has 3 rings (SSSR count). The molecule has 156 valence electrons. The van der Waals surface area contributed by atoms with Gasteiger partial charge in [-0.3, -0.25) is 9.52 Å². The average Bonchev–Trinajstić information content (AvgIpc) is 2.74. The third-order valence-corrected chi connectivity index (χ3v) is 5.87. The van der Waals surface area contributed by atoms with Gasteiger partial charge in [0.2, 0.25) is 0 Å². The second-order valence-corrected chi connectivity index (χ2v) is 8.23. The largest absolute Gasteiger partial charge is 0.493 e. The zero-order chi connectivity index (χ0) is 21.7. The minimum absolute atomic E-state index is 0.0984. The van der Waals surface area contributed by atoms with Gasteiger partial charge in [0.1, 0.15) is 0 Å². The maximum atomic E-state index is 12.6. The van der Waals surface area contributed by atoms with Gasteiger partial charge in [-0.05, 0) is 42.5 Å². The molecule has 0 unspecified atom stereocenters. The predicted octanol–water partition coefficient (Wildman–Crippen LogP) is 4.41. The van der Waals surface area contributed by atoms with Crippen molar-refractivity contribution >= 4 is 38.9 Å². The van der Waals surface area contributed by atoms with E-state index in [1.165, 1.54) is 44.6 Å². The van der Waals surface area contributed by atoms with Crippen molar-refractivity contribution in [1.82, 2.24) is 0 Å². The Morgan fingerprint density at radius 3 is 2.17 bits per heavy atom. The van der Waals surface area contributed by atoms with Gasteiger partial charge in [0, 0.05) is 11.8 Å². The molecule has 0 aliphatic rings. The van der Waals surface area contributed by atoms with Crippen molar-refractivity contribution in [3.05, 3.63) is 77.3 Å². The van der Waals surface area contributed by atoms with Crippen LogP contribution in [0.4, 0.5) is 11.4 Å². The SMILES string of the molecule is COc1ccc(NC(=O)c2ccc(NS(=O)(=O)c3ccccc3)cc2Cl)cc1OC. The molecule has 0 aliphatic heterocycles. The molecule has 0 atom stereocenters. The summed E-state index contributed by atoms with van der Waals surface area (Å²) in [5.41, 5.74) is 0.920. The van der Waals surface area contributed by atoms with Gasteiger partial charge in [0.05, 0.1) is 35.4 Å². The van der Waals surface area contributed by atoms with Crippen LogP contribution >= 0.6 is 11.6 Å². The zero-order valence-electron chi connectivity index (χ0n) is 16.2. The number of anilines is 2. The van der Waals surface area contributed by atoms with Gasteiger partial charge in [-0.1, -0.05) is 29.8 Å². The summed E-state index contributed by atoms with van der Waals surface area (Å²) in [6.45, 7) is 0. The van der Waals surface area contributed by atoms with Gasteiger partial charge >= 0.3 is 0 Å². The maximum Gasteiger partial charge on any atom is 0.261 e. The lowest BCUT2D eigenvalue weighted by Crippen LogP contribution is -2.15. The quantitative estimate of drug-likeness (QED) is 0.560. The van der Waals surface area contributed by atoms with Crippen molar-refractivity contribution in [2.24, 2.45) is 0 Å². The van der Waals surface area contributed by atoms with Crippen molar-refractivity contribution < 1.29 is 22.7 Å². The summed E-state index contributed by atoms with van der Waals surface area (Å²) in [7, 11) is -0.748. The lowest BCUT2D eigenvalue weighted by molar-refractivity contribution is 0.102. The summed E-state index contributed by atoms with van der Waals surface area (Å²) in [6, 6.07) is 17.2. The van der Waals surface area contributed by atoms with E-state index in [0.717, 1.165) is 0 Å². The fourth-order valence-corrected chi connectivity index (χ4v) is 4.03. The second kappa shape index (κ2) is 9.06. The molecular weight excluding hydrogens is 428 g/mol. The Kier molecular flexibility index (Phi) is 6.49. The number of nitrogens with one attached hydrogen (secondary N) is 2. The highest BCUT2D eigenvalue weighted by molar-refractivity contribution is 7.92. The number of hydrogen-bond acceptors (Lipinski definition) is 5. The monoisotopic (exact) mass is 446 g/mol. The van der Waals surface area contributed by atoms with E-state index in [4.69, 9.17) is 21.1 Å². The highest BCUT2D eigenvalue weighted by atomic mass is 35.5. The summed E-state index contributed by atoms with van der Waals surface area (Å²) >= 11 is 6.23. The first-order valence-electron chi connectivity index (χ1n) is 8.75. The van der Waals surface area contributed by atoms with Gasteiger partial charge < -0.3 is 14.8 Å². The second-order valence-electron chi connectivity index (χ2n) is 6.14. The molecule has 3 aromatic rings. The van der Waals surface area contributed by atoms with E-state index in [-0.39, 0.29) is 21.2 Å². The van der Waals surface area contributed by atoms with Gasteiger partial charge in [-0.25, -0.2) is 8.42 Å². The highest BCUT2D eigenvalue weighted by Gasteiger charge is 2.17. The molecule has 7 nitrogen and oxygen atoms in total. The molecule has 0 aromatic heterocycles. The summed E-state index contributed by atoms with van der Waals surface area (Å²) < 4.78 is 37.7. The summed E-state index contributed by atoms with van der Waals surface area (Å²) in [5, 5.41) is 2.82. The Hall–Kier alpha value is -3.23. The maximum absolute atomic E-state index is 12.6. The molecule has 0 aliphatic carbocycles. The number of halogens is 1. The molecular formula is C21H19ClN2O5S. The lowest BCUT2D eigenvalue weighted by atomic mass is 10.2. The molecule has 0 saturated heterocycles. The summed E-state index contributed by atoms with van der Waals surface area (Å²) in [4.78, 5) is 12.7. The molecule has 30 heavy (non-hydrogen) atoms. The van der Waals surface area contributed by atoms with Crippen molar-refractivity contribution in [3.63, 3.8) is 0 Å². The van der Waals surface area contributed by atoms with Crippen LogP contribution in [-0.2, 0) is 10.0 Å². The molecule has 3 aromatic carbocycles. The Bertz CT molecular complexity index is 1170. The molecule has 0 heterocycles. The van der Waals surface area contributed by atoms with E-state index in [2.05, 4.69) is 10.0 Å². The molecule has 2 N–H and O–H groups in total. The number of hydrogen-bond donors (Lipinski definition) is 2. The molecule has 0 spiro atoms. The van der Waals surface area contributed by atoms with Crippen LogP contribution in [0.15, 0.2) is 71.6 Å². The first-order valence-corrected chi connectivity index (χ1v) is 10.6. The minimum Gasteiger partial charge on any atom is -0.493 e. The number of benzene rings is 3. The number of sulfonamides is 1. The van der Waals surface area contributed by atoms with Crippen molar-refractivity contribution in [2.75, 3.05) is 24.3 Å². The van der Waals surface area contributed by atoms with E-state index in [1.54, 1.807) is 36.4 Å². The van der Waals surface area contributed by atoms with Gasteiger partial charge in [0.25, 0.3) is 15.9 Å². The van der Waals surface area contributed by atoms with Crippen LogP contribution in [0.2, 0.25) is 5.02 Å². The van der Waals surface area contributed by atoms with Crippen LogP contribution in [0.5, 0.6) is 11.5 Å². The molecule has 9 heteroatoms. The van der Waals surface area contributed by atoms with Gasteiger partial charge in [-0.2, -0.15) is 0 Å². The average molecular weight is 447 g/mol. The summed E-state index contributed by atoms with van der Waals surface area (Å²) in [6.07, 6.45) is 0. The van der Waals surface area contributed by atoms with Gasteiger partial charge in [-0.15, -0.1) is 0 Å². The fraction of sp³-hybridized carbons (Fsp3) is 0.0952. The minimum atomic E-state index is -3.76. The van der Waals surface area contributed by atoms with Crippen molar-refractivity contribution in [1.29, 1.82) is 0 Å². The number of ether oxygens (including phenoxy) is 2. The third kappa shape index (κ3) is 4.84. The highest BCUT2D eigenvalue weighted by Crippen LogP contribution is 2.30. The number of carbonyl (C=O) groups is 1. The predicted molar refractivity (Wildman–Crippen MR) is 116 cm³/mol. The molecule has 0 bridgehead atoms. The summed E-state index contributed by atoms with van der Waals surface area (Å²) in [5.74, 6) is 0.542. The first-order chi connectivity index (χ1) is 14.3. The number of carbonyl (C=O) groups excluding carboxylic acids is 1. The van der Waals surface area contributed by atoms with E-state index in [1.807, 2.05) is 0 Å². The standard InChI is InChI=1S/C21H19ClN2O5S/c1-28-19-11-9-14(13-20(19)29-2)23-21(25)17-10-8-15(12-18(17)22)24-30(26,27)16-6-4-3-5-7-16/h3-13,24H,1-2H3,(H,23,25). The van der Waals surface area contributed by atoms with Crippen LogP contribution in [-0.4, -0.2) is 28.5 Å². The molecule has 1 amide bonds. The van der Waals surface area contributed by atoms with Crippen LogP contribution in [0.3, 0.4) is 0 Å². The Balaban J connectivity index is 1.77. The van der Waals surface area contributed by atoms with Crippen molar-refractivity contribution in [3.8, 4) is 11.5 Å². The first kappa shape index (κ1) is 21.5. The Labute approximate surface area is 179 Å². The van der Waals surface area contributed by atoms with Crippen LogP contribution in [0.25, 0.3) is 0 Å². The van der Waals surface area contributed by atoms with E-state index >= 15 is 0 Å². The smallest absolute Gasteiger partial charge is 0.261 e. The van der Waals surface area contributed by atoms with Gasteiger partial charge in [0.15, 0.2) is 11.5 Å². The third-order valence-electron chi connectivity index (χ3n) is 4.16. The lowest BCUT2D eigenvalue weighted by Gasteiger charge is -2.12. The molecule has 0 saturated carbocycles. The topological polar surface area (TPSA) is 93.7 Å². The normalized spacial score (nSPS) is 10.9. The fourth-order valence-electron chi connectivity index (χ4n) is 2.69. The number of rotatable bonds is 7. The van der Waals surface area contributed by atoms with Crippen LogP contribution in [0.1, 0.15) is 10.4 Å². The Morgan fingerprint density at radius 1 is 0.867 bits per heavy atom. The number of methoxy groups -OCH3 is 2.